The van der Waals surface area contributed by atoms with Crippen LogP contribution in [-0.2, 0) is 4.79 Å². The fourth-order valence-corrected chi connectivity index (χ4v) is 2.52. The molecular formula is C12H12ClN3O5. The lowest BCUT2D eigenvalue weighted by atomic mass is 9.99. The Bertz CT molecular complexity index is 621. The molecule has 1 fully saturated rings. The summed E-state index contributed by atoms with van der Waals surface area (Å²) in [7, 11) is 0. The molecule has 0 aliphatic carbocycles. The van der Waals surface area contributed by atoms with E-state index in [-0.39, 0.29) is 29.7 Å². The lowest BCUT2D eigenvalue weighted by Crippen LogP contribution is -2.30. The standard InChI is InChI=1S/C12H12ClN3O5/c1-6-4-15(5-8(6)12(18)19)11(17)7-2-10(13)14-3-9(7)16(20)21/h2-3,6,8H,4-5H2,1H3,(H,18,19)/t6-,8-/m1/s1. The summed E-state index contributed by atoms with van der Waals surface area (Å²) in [6.07, 6.45) is 0.920. The molecule has 0 bridgehead atoms. The molecule has 8 nitrogen and oxygen atoms in total. The van der Waals surface area contributed by atoms with Crippen LogP contribution in [0.5, 0.6) is 0 Å². The molecule has 2 heterocycles. The minimum absolute atomic E-state index is 0.0203. The zero-order valence-corrected chi connectivity index (χ0v) is 11.8. The number of nitrogens with zero attached hydrogens (tertiary/aromatic N) is 3. The Balaban J connectivity index is 2.31. The molecule has 0 aromatic carbocycles. The number of halogens is 1. The number of nitro groups is 1. The van der Waals surface area contributed by atoms with Gasteiger partial charge in [0.25, 0.3) is 11.6 Å². The van der Waals surface area contributed by atoms with Crippen LogP contribution in [0.4, 0.5) is 5.69 Å². The highest BCUT2D eigenvalue weighted by molar-refractivity contribution is 6.29. The van der Waals surface area contributed by atoms with E-state index >= 15 is 0 Å². The van der Waals surface area contributed by atoms with Crippen molar-refractivity contribution in [2.24, 2.45) is 11.8 Å². The van der Waals surface area contributed by atoms with Crippen molar-refractivity contribution in [3.63, 3.8) is 0 Å². The van der Waals surface area contributed by atoms with E-state index in [1.807, 2.05) is 0 Å². The number of carboxylic acid groups (broad SMARTS) is 1. The molecule has 2 atom stereocenters. The summed E-state index contributed by atoms with van der Waals surface area (Å²) in [6.45, 7) is 1.97. The average Bonchev–Trinajstić information content (AvgIpc) is 2.79. The molecule has 21 heavy (non-hydrogen) atoms. The van der Waals surface area contributed by atoms with Gasteiger partial charge in [0.1, 0.15) is 16.9 Å². The van der Waals surface area contributed by atoms with Gasteiger partial charge in [-0.1, -0.05) is 18.5 Å². The Hall–Kier alpha value is -2.22. The fraction of sp³-hybridized carbons (Fsp3) is 0.417. The van der Waals surface area contributed by atoms with Gasteiger partial charge in [-0.2, -0.15) is 0 Å². The first-order valence-corrected chi connectivity index (χ1v) is 6.51. The van der Waals surface area contributed by atoms with Crippen LogP contribution in [0.1, 0.15) is 17.3 Å². The molecule has 112 valence electrons. The second-order valence-corrected chi connectivity index (χ2v) is 5.30. The summed E-state index contributed by atoms with van der Waals surface area (Å²) in [5.41, 5.74) is -0.630. The van der Waals surface area contributed by atoms with Gasteiger partial charge in [0, 0.05) is 13.1 Å². The first-order valence-electron chi connectivity index (χ1n) is 6.13. The van der Waals surface area contributed by atoms with Gasteiger partial charge in [-0.3, -0.25) is 19.7 Å². The van der Waals surface area contributed by atoms with E-state index in [4.69, 9.17) is 16.7 Å². The monoisotopic (exact) mass is 313 g/mol. The molecule has 1 aliphatic rings. The average molecular weight is 314 g/mol. The zero-order valence-electron chi connectivity index (χ0n) is 11.0. The van der Waals surface area contributed by atoms with Crippen LogP contribution in [0.3, 0.4) is 0 Å². The lowest BCUT2D eigenvalue weighted by Gasteiger charge is -2.15. The van der Waals surface area contributed by atoms with Crippen LogP contribution in [0.25, 0.3) is 0 Å². The molecule has 1 aliphatic heterocycles. The molecule has 1 amide bonds. The minimum atomic E-state index is -0.986. The van der Waals surface area contributed by atoms with Gasteiger partial charge in [-0.25, -0.2) is 4.98 Å². The molecule has 0 radical (unpaired) electrons. The van der Waals surface area contributed by atoms with Crippen molar-refractivity contribution >= 4 is 29.2 Å². The molecular weight excluding hydrogens is 302 g/mol. The van der Waals surface area contributed by atoms with Crippen molar-refractivity contribution in [2.45, 2.75) is 6.92 Å². The summed E-state index contributed by atoms with van der Waals surface area (Å²) in [6, 6.07) is 1.13. The van der Waals surface area contributed by atoms with Crippen molar-refractivity contribution in [3.8, 4) is 0 Å². The molecule has 1 N–H and O–H groups in total. The molecule has 1 aromatic rings. The first-order chi connectivity index (χ1) is 9.81. The number of amides is 1. The van der Waals surface area contributed by atoms with E-state index in [1.54, 1.807) is 6.92 Å². The third-order valence-electron chi connectivity index (χ3n) is 3.49. The summed E-state index contributed by atoms with van der Waals surface area (Å²) < 4.78 is 0. The van der Waals surface area contributed by atoms with Crippen LogP contribution in [0.2, 0.25) is 5.15 Å². The van der Waals surface area contributed by atoms with Gasteiger partial charge in [-0.05, 0) is 12.0 Å². The van der Waals surface area contributed by atoms with Crippen molar-refractivity contribution in [2.75, 3.05) is 13.1 Å². The smallest absolute Gasteiger partial charge is 0.308 e. The lowest BCUT2D eigenvalue weighted by molar-refractivity contribution is -0.385. The zero-order chi connectivity index (χ0) is 15.7. The summed E-state index contributed by atoms with van der Waals surface area (Å²) in [5.74, 6) is -2.49. The highest BCUT2D eigenvalue weighted by atomic mass is 35.5. The van der Waals surface area contributed by atoms with Gasteiger partial charge in [0.2, 0.25) is 0 Å². The van der Waals surface area contributed by atoms with Gasteiger partial charge in [0.05, 0.1) is 10.8 Å². The van der Waals surface area contributed by atoms with Crippen molar-refractivity contribution in [1.82, 2.24) is 9.88 Å². The maximum Gasteiger partial charge on any atom is 0.308 e. The number of pyridine rings is 1. The van der Waals surface area contributed by atoms with Crippen LogP contribution in [-0.4, -0.2) is 44.9 Å². The quantitative estimate of drug-likeness (QED) is 0.513. The molecule has 9 heteroatoms. The van der Waals surface area contributed by atoms with Crippen molar-refractivity contribution < 1.29 is 19.6 Å². The Kier molecular flexibility index (Phi) is 4.08. The number of aromatic nitrogens is 1. The molecule has 0 saturated carbocycles. The molecule has 0 spiro atoms. The number of carbonyl (C=O) groups excluding carboxylic acids is 1. The maximum atomic E-state index is 12.4. The number of carbonyl (C=O) groups is 2. The van der Waals surface area contributed by atoms with E-state index in [0.717, 1.165) is 12.3 Å². The Morgan fingerprint density at radius 2 is 2.19 bits per heavy atom. The SMILES string of the molecule is C[C@@H]1CN(C(=O)c2cc(Cl)ncc2[N+](=O)[O-])C[C@H]1C(=O)O. The number of likely N-dealkylation sites (tertiary alicyclic amines) is 1. The molecule has 1 aromatic heterocycles. The highest BCUT2D eigenvalue weighted by Crippen LogP contribution is 2.28. The maximum absolute atomic E-state index is 12.4. The Morgan fingerprint density at radius 3 is 2.71 bits per heavy atom. The van der Waals surface area contributed by atoms with Crippen LogP contribution < -0.4 is 0 Å². The van der Waals surface area contributed by atoms with Gasteiger partial charge >= 0.3 is 5.97 Å². The van der Waals surface area contributed by atoms with E-state index < -0.39 is 28.4 Å². The Labute approximate surface area is 124 Å². The third-order valence-corrected chi connectivity index (χ3v) is 3.70. The van der Waals surface area contributed by atoms with E-state index in [1.165, 1.54) is 4.90 Å². The largest absolute Gasteiger partial charge is 0.481 e. The number of aliphatic carboxylic acids is 1. The number of rotatable bonds is 3. The minimum Gasteiger partial charge on any atom is -0.481 e. The number of carboxylic acids is 1. The highest BCUT2D eigenvalue weighted by Gasteiger charge is 2.38. The normalized spacial score (nSPS) is 21.3. The van der Waals surface area contributed by atoms with Crippen LogP contribution in [0.15, 0.2) is 12.3 Å². The third kappa shape index (κ3) is 2.94. The summed E-state index contributed by atoms with van der Waals surface area (Å²) >= 11 is 5.68. The summed E-state index contributed by atoms with van der Waals surface area (Å²) in [5, 5.41) is 20.0. The Morgan fingerprint density at radius 1 is 1.52 bits per heavy atom. The first kappa shape index (κ1) is 15.2. The predicted octanol–water partition coefficient (Wildman–Crippen LogP) is 1.44. The van der Waals surface area contributed by atoms with Crippen LogP contribution in [0, 0.1) is 22.0 Å². The molecule has 0 unspecified atom stereocenters. The van der Waals surface area contributed by atoms with Gasteiger partial charge in [0.15, 0.2) is 0 Å². The fourth-order valence-electron chi connectivity index (χ4n) is 2.36. The van der Waals surface area contributed by atoms with Crippen molar-refractivity contribution in [3.05, 3.63) is 33.1 Å². The second-order valence-electron chi connectivity index (χ2n) is 4.91. The van der Waals surface area contributed by atoms with Gasteiger partial charge in [-0.15, -0.1) is 0 Å². The van der Waals surface area contributed by atoms with Crippen LogP contribution >= 0.6 is 11.6 Å². The van der Waals surface area contributed by atoms with Crippen molar-refractivity contribution in [1.29, 1.82) is 0 Å². The molecule has 2 rings (SSSR count). The number of hydrogen-bond donors (Lipinski definition) is 1. The van der Waals surface area contributed by atoms with Gasteiger partial charge < -0.3 is 10.0 Å². The number of hydrogen-bond acceptors (Lipinski definition) is 5. The summed E-state index contributed by atoms with van der Waals surface area (Å²) in [4.78, 5) is 38.6. The molecule has 1 saturated heterocycles. The predicted molar refractivity (Wildman–Crippen MR) is 72.1 cm³/mol. The topological polar surface area (TPSA) is 114 Å². The second kappa shape index (κ2) is 5.65. The van der Waals surface area contributed by atoms with E-state index in [2.05, 4.69) is 4.98 Å². The van der Waals surface area contributed by atoms with E-state index in [0.29, 0.717) is 0 Å². The van der Waals surface area contributed by atoms with E-state index in [9.17, 15) is 19.7 Å².